The van der Waals surface area contributed by atoms with Gasteiger partial charge in [-0.3, -0.25) is 9.48 Å². The maximum absolute atomic E-state index is 11.7. The predicted octanol–water partition coefficient (Wildman–Crippen LogP) is 1.16. The highest BCUT2D eigenvalue weighted by Gasteiger charge is 2.28. The Balaban J connectivity index is 1.77. The summed E-state index contributed by atoms with van der Waals surface area (Å²) in [6, 6.07) is 1.69. The number of hydrogen-bond donors (Lipinski definition) is 2. The molecule has 1 amide bonds. The number of hydrogen-bond acceptors (Lipinski definition) is 3. The van der Waals surface area contributed by atoms with Crippen LogP contribution in [0.2, 0.25) is 0 Å². The Morgan fingerprint density at radius 3 is 2.88 bits per heavy atom. The molecular weight excluding hydrogens is 216 g/mol. The van der Waals surface area contributed by atoms with Crippen LogP contribution in [0.15, 0.2) is 12.3 Å². The van der Waals surface area contributed by atoms with Crippen LogP contribution in [0.25, 0.3) is 0 Å². The van der Waals surface area contributed by atoms with Crippen LogP contribution in [0.5, 0.6) is 0 Å². The number of nitrogens with two attached hydrogens (primary N) is 1. The number of nitrogens with one attached hydrogen (secondary N) is 1. The van der Waals surface area contributed by atoms with E-state index in [0.29, 0.717) is 11.2 Å². The molecule has 0 radical (unpaired) electrons. The van der Waals surface area contributed by atoms with Crippen molar-refractivity contribution < 1.29 is 4.79 Å². The highest BCUT2D eigenvalue weighted by Crippen LogP contribution is 2.36. The lowest BCUT2D eigenvalue weighted by atomic mass is 9.89. The number of rotatable bonds is 4. The van der Waals surface area contributed by atoms with Crippen molar-refractivity contribution in [2.24, 2.45) is 5.41 Å². The van der Waals surface area contributed by atoms with Gasteiger partial charge in [0.1, 0.15) is 12.4 Å². The van der Waals surface area contributed by atoms with Gasteiger partial charge in [0.05, 0.1) is 0 Å². The van der Waals surface area contributed by atoms with Crippen LogP contribution in [0, 0.1) is 5.41 Å². The molecule has 1 heterocycles. The topological polar surface area (TPSA) is 72.9 Å². The van der Waals surface area contributed by atoms with Crippen LogP contribution in [-0.2, 0) is 11.3 Å². The van der Waals surface area contributed by atoms with Gasteiger partial charge in [0.25, 0.3) is 0 Å². The summed E-state index contributed by atoms with van der Waals surface area (Å²) in [5.41, 5.74) is 5.78. The van der Waals surface area contributed by atoms with E-state index >= 15 is 0 Å². The fourth-order valence-electron chi connectivity index (χ4n) is 2.39. The van der Waals surface area contributed by atoms with Crippen molar-refractivity contribution in [3.8, 4) is 0 Å². The summed E-state index contributed by atoms with van der Waals surface area (Å²) in [5, 5.41) is 6.96. The lowest BCUT2D eigenvalue weighted by molar-refractivity contribution is -0.122. The second kappa shape index (κ2) is 4.77. The van der Waals surface area contributed by atoms with Crippen LogP contribution >= 0.6 is 0 Å². The number of anilines is 1. The van der Waals surface area contributed by atoms with Crippen molar-refractivity contribution >= 4 is 11.7 Å². The molecule has 0 spiro atoms. The molecule has 1 aromatic heterocycles. The quantitative estimate of drug-likeness (QED) is 0.824. The third-order valence-electron chi connectivity index (χ3n) is 3.49. The Morgan fingerprint density at radius 1 is 1.59 bits per heavy atom. The summed E-state index contributed by atoms with van der Waals surface area (Å²) in [7, 11) is 0. The highest BCUT2D eigenvalue weighted by atomic mass is 16.2. The molecule has 1 aliphatic rings. The summed E-state index contributed by atoms with van der Waals surface area (Å²) in [4.78, 5) is 11.7. The third kappa shape index (κ3) is 3.22. The van der Waals surface area contributed by atoms with Gasteiger partial charge in [-0.25, -0.2) is 0 Å². The molecule has 0 bridgehead atoms. The van der Waals surface area contributed by atoms with Crippen molar-refractivity contribution in [3.05, 3.63) is 12.3 Å². The predicted molar refractivity (Wildman–Crippen MR) is 66.2 cm³/mol. The molecule has 1 aromatic rings. The molecule has 1 saturated carbocycles. The van der Waals surface area contributed by atoms with Gasteiger partial charge >= 0.3 is 0 Å². The SMILES string of the molecule is CC1(CNC(=O)Cn2ccc(N)n2)CCCC1. The van der Waals surface area contributed by atoms with E-state index in [0.717, 1.165) is 6.54 Å². The molecular formula is C12H20N4O. The molecule has 17 heavy (non-hydrogen) atoms. The number of nitrogen functional groups attached to an aromatic ring is 1. The Morgan fingerprint density at radius 2 is 2.29 bits per heavy atom. The van der Waals surface area contributed by atoms with E-state index in [9.17, 15) is 4.79 Å². The van der Waals surface area contributed by atoms with E-state index in [1.165, 1.54) is 25.7 Å². The number of aromatic nitrogens is 2. The van der Waals surface area contributed by atoms with Crippen LogP contribution in [0.1, 0.15) is 32.6 Å². The normalized spacial score (nSPS) is 18.2. The standard InChI is InChI=1S/C12H20N4O/c1-12(5-2-3-6-12)9-14-11(17)8-16-7-4-10(13)15-16/h4,7H,2-3,5-6,8-9H2,1H3,(H2,13,15)(H,14,17). The number of amides is 1. The van der Waals surface area contributed by atoms with E-state index in [-0.39, 0.29) is 12.5 Å². The lowest BCUT2D eigenvalue weighted by Crippen LogP contribution is -2.36. The Hall–Kier alpha value is -1.52. The van der Waals surface area contributed by atoms with Gasteiger partial charge in [0.15, 0.2) is 0 Å². The minimum absolute atomic E-state index is 0.00113. The van der Waals surface area contributed by atoms with Crippen LogP contribution in [-0.4, -0.2) is 22.2 Å². The number of nitrogens with zero attached hydrogens (tertiary/aromatic N) is 2. The van der Waals surface area contributed by atoms with E-state index < -0.39 is 0 Å². The molecule has 1 fully saturated rings. The monoisotopic (exact) mass is 236 g/mol. The Bertz CT molecular complexity index is 393. The fraction of sp³-hybridized carbons (Fsp3) is 0.667. The van der Waals surface area contributed by atoms with Crippen molar-refractivity contribution in [1.82, 2.24) is 15.1 Å². The molecule has 0 aromatic carbocycles. The first-order chi connectivity index (χ1) is 8.07. The van der Waals surface area contributed by atoms with Crippen molar-refractivity contribution in [3.63, 3.8) is 0 Å². The molecule has 0 unspecified atom stereocenters. The van der Waals surface area contributed by atoms with Gasteiger partial charge in [0.2, 0.25) is 5.91 Å². The minimum Gasteiger partial charge on any atom is -0.382 e. The van der Waals surface area contributed by atoms with Gasteiger partial charge in [-0.2, -0.15) is 5.10 Å². The first kappa shape index (κ1) is 12.0. The summed E-state index contributed by atoms with van der Waals surface area (Å²) in [6.45, 7) is 3.25. The second-order valence-corrected chi connectivity index (χ2v) is 5.23. The fourth-order valence-corrected chi connectivity index (χ4v) is 2.39. The van der Waals surface area contributed by atoms with E-state index in [4.69, 9.17) is 5.73 Å². The van der Waals surface area contributed by atoms with E-state index in [1.54, 1.807) is 16.9 Å². The molecule has 1 aliphatic carbocycles. The lowest BCUT2D eigenvalue weighted by Gasteiger charge is -2.23. The van der Waals surface area contributed by atoms with Gasteiger partial charge in [-0.05, 0) is 24.3 Å². The van der Waals surface area contributed by atoms with Crippen molar-refractivity contribution in [2.45, 2.75) is 39.2 Å². The Labute approximate surface area is 101 Å². The maximum atomic E-state index is 11.7. The number of carbonyl (C=O) groups is 1. The first-order valence-corrected chi connectivity index (χ1v) is 6.13. The molecule has 3 N–H and O–H groups in total. The summed E-state index contributed by atoms with van der Waals surface area (Å²) in [5.74, 6) is 0.446. The van der Waals surface area contributed by atoms with Crippen LogP contribution < -0.4 is 11.1 Å². The van der Waals surface area contributed by atoms with Gasteiger partial charge in [-0.15, -0.1) is 0 Å². The molecule has 0 aliphatic heterocycles. The molecule has 0 saturated heterocycles. The molecule has 2 rings (SSSR count). The largest absolute Gasteiger partial charge is 0.382 e. The van der Waals surface area contributed by atoms with Crippen molar-refractivity contribution in [2.75, 3.05) is 12.3 Å². The van der Waals surface area contributed by atoms with Gasteiger partial charge in [0, 0.05) is 12.7 Å². The first-order valence-electron chi connectivity index (χ1n) is 6.13. The zero-order valence-electron chi connectivity index (χ0n) is 10.3. The summed E-state index contributed by atoms with van der Waals surface area (Å²) in [6.07, 6.45) is 6.69. The Kier molecular flexibility index (Phi) is 3.36. The number of carbonyl (C=O) groups excluding carboxylic acids is 1. The minimum atomic E-state index is 0.00113. The average molecular weight is 236 g/mol. The summed E-state index contributed by atoms with van der Waals surface area (Å²) < 4.78 is 1.56. The van der Waals surface area contributed by atoms with E-state index in [1.807, 2.05) is 0 Å². The van der Waals surface area contributed by atoms with Crippen LogP contribution in [0.4, 0.5) is 5.82 Å². The van der Waals surface area contributed by atoms with E-state index in [2.05, 4.69) is 17.3 Å². The maximum Gasteiger partial charge on any atom is 0.241 e. The zero-order chi connectivity index (χ0) is 12.3. The zero-order valence-corrected chi connectivity index (χ0v) is 10.3. The van der Waals surface area contributed by atoms with Gasteiger partial charge in [-0.1, -0.05) is 19.8 Å². The van der Waals surface area contributed by atoms with Crippen molar-refractivity contribution in [1.29, 1.82) is 0 Å². The average Bonchev–Trinajstić information content (AvgIpc) is 2.86. The summed E-state index contributed by atoms with van der Waals surface area (Å²) >= 11 is 0. The molecule has 94 valence electrons. The molecule has 5 heteroatoms. The molecule has 5 nitrogen and oxygen atoms in total. The smallest absolute Gasteiger partial charge is 0.241 e. The molecule has 0 atom stereocenters. The highest BCUT2D eigenvalue weighted by molar-refractivity contribution is 5.75. The van der Waals surface area contributed by atoms with Gasteiger partial charge < -0.3 is 11.1 Å². The second-order valence-electron chi connectivity index (χ2n) is 5.23. The third-order valence-corrected chi connectivity index (χ3v) is 3.49. The van der Waals surface area contributed by atoms with Crippen LogP contribution in [0.3, 0.4) is 0 Å².